The van der Waals surface area contributed by atoms with E-state index < -0.39 is 31.8 Å². The van der Waals surface area contributed by atoms with Gasteiger partial charge in [-0.2, -0.15) is 0 Å². The van der Waals surface area contributed by atoms with Gasteiger partial charge < -0.3 is 24.7 Å². The van der Waals surface area contributed by atoms with E-state index in [1.54, 1.807) is 0 Å². The Morgan fingerprint density at radius 3 is 2.25 bits per heavy atom. The van der Waals surface area contributed by atoms with Gasteiger partial charge in [-0.25, -0.2) is 0 Å². The zero-order valence-electron chi connectivity index (χ0n) is 6.36. The summed E-state index contributed by atoms with van der Waals surface area (Å²) in [5, 5.41) is 27.1. The summed E-state index contributed by atoms with van der Waals surface area (Å²) in [6.07, 6.45) is -3.93. The molecule has 0 aromatic heterocycles. The lowest BCUT2D eigenvalue weighted by atomic mass is 10.1. The van der Waals surface area contributed by atoms with Gasteiger partial charge in [0.05, 0.1) is 6.10 Å². The molecule has 1 heterocycles. The highest BCUT2D eigenvalue weighted by atomic mass is 31.2. The van der Waals surface area contributed by atoms with Gasteiger partial charge in [0, 0.05) is 0 Å². The van der Waals surface area contributed by atoms with Crippen molar-refractivity contribution < 1.29 is 29.3 Å². The van der Waals surface area contributed by atoms with Crippen LogP contribution in [0.15, 0.2) is 0 Å². The fourth-order valence-electron chi connectivity index (χ4n) is 1.01. The lowest BCUT2D eigenvalue weighted by Crippen LogP contribution is -2.48. The van der Waals surface area contributed by atoms with Crippen LogP contribution >= 0.6 is 7.60 Å². The Morgan fingerprint density at radius 2 is 1.75 bits per heavy atom. The smallest absolute Gasteiger partial charge is 0.359 e. The second-order valence-electron chi connectivity index (χ2n) is 2.77. The van der Waals surface area contributed by atoms with Crippen LogP contribution in [0.1, 0.15) is 6.92 Å². The van der Waals surface area contributed by atoms with Crippen LogP contribution in [0, 0.1) is 0 Å². The maximum atomic E-state index is 10.9. The van der Waals surface area contributed by atoms with Gasteiger partial charge in [0.15, 0.2) is 5.85 Å². The van der Waals surface area contributed by atoms with Crippen molar-refractivity contribution in [1.29, 1.82) is 0 Å². The van der Waals surface area contributed by atoms with E-state index in [4.69, 9.17) is 20.2 Å². The van der Waals surface area contributed by atoms with Gasteiger partial charge in [0.1, 0.15) is 12.2 Å². The summed E-state index contributed by atoms with van der Waals surface area (Å²) in [6.45, 7) is 1.34. The van der Waals surface area contributed by atoms with E-state index >= 15 is 0 Å². The van der Waals surface area contributed by atoms with Crippen molar-refractivity contribution in [1.82, 2.24) is 0 Å². The molecule has 7 heteroatoms. The molecule has 0 aliphatic carbocycles. The van der Waals surface area contributed by atoms with Gasteiger partial charge in [-0.1, -0.05) is 0 Å². The van der Waals surface area contributed by atoms with Crippen LogP contribution in [-0.4, -0.2) is 44.4 Å². The van der Waals surface area contributed by atoms with Crippen molar-refractivity contribution in [3.8, 4) is 0 Å². The summed E-state index contributed by atoms with van der Waals surface area (Å²) in [7, 11) is -4.18. The highest BCUT2D eigenvalue weighted by Gasteiger charge is 2.48. The molecule has 1 fully saturated rings. The standard InChI is InChI=1S/C5H11O6P/c1-2-3(6)4(7)5(8)12(9,10)11-2/h2-8H,1H3,(H,9,10)/t2-,3+,4-,5+/m1/s1. The molecule has 0 aromatic rings. The summed E-state index contributed by atoms with van der Waals surface area (Å²) < 4.78 is 15.4. The highest BCUT2D eigenvalue weighted by Crippen LogP contribution is 2.52. The molecular formula is C5H11O6P. The zero-order valence-corrected chi connectivity index (χ0v) is 7.26. The molecule has 4 N–H and O–H groups in total. The minimum atomic E-state index is -4.18. The predicted octanol–water partition coefficient (Wildman–Crippen LogP) is -1.37. The first-order valence-corrected chi connectivity index (χ1v) is 5.06. The molecule has 5 atom stereocenters. The summed E-state index contributed by atoms with van der Waals surface area (Å²) in [6, 6.07) is 0. The lowest BCUT2D eigenvalue weighted by Gasteiger charge is -2.35. The number of aliphatic hydroxyl groups is 3. The molecule has 6 nitrogen and oxygen atoms in total. The summed E-state index contributed by atoms with van der Waals surface area (Å²) >= 11 is 0. The predicted molar refractivity (Wildman–Crippen MR) is 38.4 cm³/mol. The van der Waals surface area contributed by atoms with Crippen molar-refractivity contribution >= 4 is 7.60 Å². The Hall–Kier alpha value is 0.0300. The molecule has 0 saturated carbocycles. The van der Waals surface area contributed by atoms with Crippen molar-refractivity contribution in [3.63, 3.8) is 0 Å². The summed E-state index contributed by atoms with van der Waals surface area (Å²) in [5.41, 5.74) is 0. The van der Waals surface area contributed by atoms with E-state index in [2.05, 4.69) is 4.52 Å². The second kappa shape index (κ2) is 3.06. The van der Waals surface area contributed by atoms with Gasteiger partial charge >= 0.3 is 7.60 Å². The molecule has 72 valence electrons. The average Bonchev–Trinajstić information content (AvgIpc) is 1.97. The minimum absolute atomic E-state index is 0.959. The van der Waals surface area contributed by atoms with Crippen molar-refractivity contribution in [2.45, 2.75) is 31.1 Å². The molecule has 1 rings (SSSR count). The molecular weight excluding hydrogens is 187 g/mol. The molecule has 1 saturated heterocycles. The van der Waals surface area contributed by atoms with Crippen LogP contribution < -0.4 is 0 Å². The Balaban J connectivity index is 2.85. The van der Waals surface area contributed by atoms with E-state index in [9.17, 15) is 4.57 Å². The first kappa shape index (κ1) is 10.1. The summed E-state index contributed by atoms with van der Waals surface area (Å²) in [4.78, 5) is 8.91. The van der Waals surface area contributed by atoms with Gasteiger partial charge in [-0.3, -0.25) is 4.57 Å². The van der Waals surface area contributed by atoms with E-state index in [0.717, 1.165) is 0 Å². The van der Waals surface area contributed by atoms with Gasteiger partial charge in [0.2, 0.25) is 0 Å². The lowest BCUT2D eigenvalue weighted by molar-refractivity contribution is -0.106. The van der Waals surface area contributed by atoms with Crippen molar-refractivity contribution in [3.05, 3.63) is 0 Å². The largest absolute Gasteiger partial charge is 0.388 e. The molecule has 0 amide bonds. The molecule has 1 aliphatic heterocycles. The normalized spacial score (nSPS) is 55.4. The molecule has 0 spiro atoms. The minimum Gasteiger partial charge on any atom is -0.388 e. The quantitative estimate of drug-likeness (QED) is 0.358. The molecule has 0 radical (unpaired) electrons. The van der Waals surface area contributed by atoms with Crippen LogP contribution in [-0.2, 0) is 9.09 Å². The van der Waals surface area contributed by atoms with Crippen LogP contribution in [0.3, 0.4) is 0 Å². The summed E-state index contributed by atoms with van der Waals surface area (Å²) in [5.74, 6) is -1.93. The Labute approximate surface area is 68.9 Å². The third-order valence-corrected chi connectivity index (χ3v) is 3.40. The maximum absolute atomic E-state index is 10.9. The first-order valence-electron chi connectivity index (χ1n) is 3.41. The fraction of sp³-hybridized carbons (Fsp3) is 1.00. The third-order valence-electron chi connectivity index (χ3n) is 1.79. The monoisotopic (exact) mass is 198 g/mol. The Bertz CT molecular complexity index is 218. The number of rotatable bonds is 0. The average molecular weight is 198 g/mol. The molecule has 0 aromatic carbocycles. The maximum Gasteiger partial charge on any atom is 0.359 e. The van der Waals surface area contributed by atoms with Crippen LogP contribution in [0.5, 0.6) is 0 Å². The van der Waals surface area contributed by atoms with Crippen molar-refractivity contribution in [2.75, 3.05) is 0 Å². The number of aliphatic hydroxyl groups excluding tert-OH is 3. The Kier molecular flexibility index (Phi) is 2.58. The van der Waals surface area contributed by atoms with E-state index in [-0.39, 0.29) is 0 Å². The zero-order chi connectivity index (χ0) is 9.52. The molecule has 12 heavy (non-hydrogen) atoms. The van der Waals surface area contributed by atoms with Gasteiger partial charge in [-0.05, 0) is 6.92 Å². The molecule has 0 bridgehead atoms. The first-order chi connectivity index (χ1) is 5.36. The van der Waals surface area contributed by atoms with Gasteiger partial charge in [0.25, 0.3) is 0 Å². The van der Waals surface area contributed by atoms with E-state index in [1.165, 1.54) is 6.92 Å². The fourth-order valence-corrected chi connectivity index (χ4v) is 2.30. The van der Waals surface area contributed by atoms with E-state index in [0.29, 0.717) is 0 Å². The highest BCUT2D eigenvalue weighted by molar-refractivity contribution is 7.53. The van der Waals surface area contributed by atoms with Crippen molar-refractivity contribution in [2.24, 2.45) is 0 Å². The van der Waals surface area contributed by atoms with Crippen LogP contribution in [0.25, 0.3) is 0 Å². The van der Waals surface area contributed by atoms with Crippen LogP contribution in [0.4, 0.5) is 0 Å². The van der Waals surface area contributed by atoms with Crippen LogP contribution in [0.2, 0.25) is 0 Å². The SMILES string of the molecule is C[C@H]1OP(=O)(O)[C@H](O)[C@H](O)[C@H]1O. The molecule has 1 aliphatic rings. The Morgan fingerprint density at radius 1 is 1.25 bits per heavy atom. The molecule has 1 unspecified atom stereocenters. The number of hydrogen-bond acceptors (Lipinski definition) is 5. The van der Waals surface area contributed by atoms with E-state index in [1.807, 2.05) is 0 Å². The third kappa shape index (κ3) is 1.54. The van der Waals surface area contributed by atoms with Gasteiger partial charge in [-0.15, -0.1) is 0 Å². The second-order valence-corrected chi connectivity index (χ2v) is 4.64. The topological polar surface area (TPSA) is 107 Å². The number of hydrogen-bond donors (Lipinski definition) is 4.